The summed E-state index contributed by atoms with van der Waals surface area (Å²) < 4.78 is 0. The molecule has 1 heterocycles. The third kappa shape index (κ3) is 2.46. The molecule has 0 amide bonds. The van der Waals surface area contributed by atoms with E-state index >= 15 is 0 Å². The summed E-state index contributed by atoms with van der Waals surface area (Å²) in [6.07, 6.45) is 13.6. The van der Waals surface area contributed by atoms with Crippen LogP contribution in [0.3, 0.4) is 0 Å². The van der Waals surface area contributed by atoms with E-state index in [0.29, 0.717) is 11.5 Å². The number of rotatable bonds is 4. The number of unbranched alkanes of at least 4 members (excludes halogenated alkanes) is 2. The molecule has 1 saturated heterocycles. The topological polar surface area (TPSA) is 12.0 Å². The molecule has 3 aliphatic carbocycles. The molecule has 0 bridgehead atoms. The van der Waals surface area contributed by atoms with Gasteiger partial charge in [0.05, 0.1) is 4.87 Å². The van der Waals surface area contributed by atoms with Crippen molar-refractivity contribution in [3.8, 4) is 0 Å². The van der Waals surface area contributed by atoms with Gasteiger partial charge < -0.3 is 0 Å². The first-order valence-corrected chi connectivity index (χ1v) is 11.0. The quantitative estimate of drug-likeness (QED) is 0.371. The molecule has 4 aliphatic rings. The molecule has 1 aliphatic heterocycles. The van der Waals surface area contributed by atoms with Crippen LogP contribution >= 0.6 is 12.6 Å². The summed E-state index contributed by atoms with van der Waals surface area (Å²) in [5.41, 5.74) is 2.20. The molecule has 2 heteroatoms. The van der Waals surface area contributed by atoms with Gasteiger partial charge in [-0.15, -0.1) is 0 Å². The van der Waals surface area contributed by atoms with E-state index in [1.165, 1.54) is 51.4 Å². The molecule has 4 unspecified atom stereocenters. The molecule has 7 atom stereocenters. The Morgan fingerprint density at radius 3 is 2.79 bits per heavy atom. The summed E-state index contributed by atoms with van der Waals surface area (Å²) in [5, 5.41) is 4.11. The van der Waals surface area contributed by atoms with Crippen molar-refractivity contribution in [2.45, 2.75) is 90.0 Å². The summed E-state index contributed by atoms with van der Waals surface area (Å²) in [7, 11) is 0. The highest BCUT2D eigenvalue weighted by Crippen LogP contribution is 2.70. The molecule has 0 spiro atoms. The van der Waals surface area contributed by atoms with Gasteiger partial charge in [-0.2, -0.15) is 12.6 Å². The fraction of sp³-hybridized carbons (Fsp3) is 0.909. The lowest BCUT2D eigenvalue weighted by Crippen LogP contribution is -2.76. The first kappa shape index (κ1) is 17.5. The predicted octanol–water partition coefficient (Wildman–Crippen LogP) is 5.82. The molecule has 136 valence electrons. The maximum Gasteiger partial charge on any atom is 0.0652 e. The van der Waals surface area contributed by atoms with Crippen LogP contribution in [0.1, 0.15) is 79.1 Å². The Morgan fingerprint density at radius 2 is 2.04 bits per heavy atom. The monoisotopic (exact) mass is 347 g/mol. The molecule has 4 rings (SSSR count). The van der Waals surface area contributed by atoms with E-state index < -0.39 is 0 Å². The second-order valence-electron chi connectivity index (χ2n) is 9.97. The van der Waals surface area contributed by atoms with Gasteiger partial charge in [0.1, 0.15) is 0 Å². The lowest BCUT2D eigenvalue weighted by Gasteiger charge is -2.73. The molecule has 1 nitrogen and oxygen atoms in total. The maximum absolute atomic E-state index is 5.27. The fourth-order valence-electron chi connectivity index (χ4n) is 7.30. The van der Waals surface area contributed by atoms with Gasteiger partial charge in [-0.05, 0) is 67.6 Å². The summed E-state index contributed by atoms with van der Waals surface area (Å²) in [4.78, 5) is 0.121. The van der Waals surface area contributed by atoms with Crippen molar-refractivity contribution in [3.63, 3.8) is 0 Å². The number of allylic oxidation sites excluding steroid dienone is 1. The van der Waals surface area contributed by atoms with Gasteiger partial charge in [0.2, 0.25) is 0 Å². The highest BCUT2D eigenvalue weighted by atomic mass is 32.1. The Kier molecular flexibility index (Phi) is 4.40. The number of hydrogen-bond acceptors (Lipinski definition) is 2. The molecule has 24 heavy (non-hydrogen) atoms. The fourth-order valence-corrected chi connectivity index (χ4v) is 7.97. The van der Waals surface area contributed by atoms with E-state index in [0.717, 1.165) is 29.6 Å². The van der Waals surface area contributed by atoms with Crippen LogP contribution in [-0.4, -0.2) is 10.9 Å². The van der Waals surface area contributed by atoms with Crippen molar-refractivity contribution in [1.29, 1.82) is 0 Å². The number of piperidine rings is 1. The van der Waals surface area contributed by atoms with Crippen molar-refractivity contribution >= 4 is 12.6 Å². The SMILES string of the molecule is CCCCCC1C=C(C)C2C(C1)N[C@]1(S)CCCC3[C@@H]1[C@@H]2C3(C)C. The van der Waals surface area contributed by atoms with Crippen LogP contribution in [-0.2, 0) is 0 Å². The van der Waals surface area contributed by atoms with Crippen LogP contribution in [0.2, 0.25) is 0 Å². The summed E-state index contributed by atoms with van der Waals surface area (Å²) >= 11 is 5.27. The van der Waals surface area contributed by atoms with E-state index in [1.54, 1.807) is 5.57 Å². The van der Waals surface area contributed by atoms with E-state index in [4.69, 9.17) is 12.6 Å². The molecule has 0 radical (unpaired) electrons. The van der Waals surface area contributed by atoms with Crippen LogP contribution < -0.4 is 5.32 Å². The van der Waals surface area contributed by atoms with Crippen molar-refractivity contribution in [3.05, 3.63) is 11.6 Å². The molecular weight excluding hydrogens is 310 g/mol. The Bertz CT molecular complexity index is 524. The van der Waals surface area contributed by atoms with Crippen LogP contribution in [0.4, 0.5) is 0 Å². The largest absolute Gasteiger partial charge is 0.299 e. The van der Waals surface area contributed by atoms with Crippen molar-refractivity contribution in [2.24, 2.45) is 35.0 Å². The molecule has 3 fully saturated rings. The number of nitrogens with one attached hydrogen (secondary N) is 1. The highest BCUT2D eigenvalue weighted by molar-refractivity contribution is 7.81. The normalized spacial score (nSPS) is 48.8. The van der Waals surface area contributed by atoms with Gasteiger partial charge in [0.25, 0.3) is 0 Å². The Balaban J connectivity index is 1.59. The van der Waals surface area contributed by atoms with Gasteiger partial charge in [-0.1, -0.05) is 58.1 Å². The van der Waals surface area contributed by atoms with Crippen LogP contribution in [0.5, 0.6) is 0 Å². The predicted molar refractivity (Wildman–Crippen MR) is 106 cm³/mol. The smallest absolute Gasteiger partial charge is 0.0652 e. The second-order valence-corrected chi connectivity index (χ2v) is 10.8. The minimum absolute atomic E-state index is 0.121. The van der Waals surface area contributed by atoms with Crippen molar-refractivity contribution in [1.82, 2.24) is 5.32 Å². The Labute approximate surface area is 154 Å². The third-order valence-corrected chi connectivity index (χ3v) is 8.93. The summed E-state index contributed by atoms with van der Waals surface area (Å²) in [6.45, 7) is 9.86. The summed E-state index contributed by atoms with van der Waals surface area (Å²) in [6, 6.07) is 0.665. The molecule has 1 N–H and O–H groups in total. The average molecular weight is 348 g/mol. The Morgan fingerprint density at radius 1 is 1.25 bits per heavy atom. The van der Waals surface area contributed by atoms with Crippen LogP contribution in [0.25, 0.3) is 0 Å². The molecule has 0 aromatic rings. The lowest BCUT2D eigenvalue weighted by atomic mass is 9.37. The van der Waals surface area contributed by atoms with Crippen molar-refractivity contribution in [2.75, 3.05) is 0 Å². The van der Waals surface area contributed by atoms with Gasteiger partial charge in [0, 0.05) is 6.04 Å². The van der Waals surface area contributed by atoms with E-state index in [1.807, 2.05) is 0 Å². The van der Waals surface area contributed by atoms with Gasteiger partial charge in [-0.25, -0.2) is 0 Å². The number of fused-ring (bicyclic) bond motifs is 2. The molecular formula is C22H37NS. The zero-order valence-corrected chi connectivity index (χ0v) is 17.0. The number of hydrogen-bond donors (Lipinski definition) is 2. The molecule has 2 saturated carbocycles. The standard InChI is InChI=1S/C22H37NS/c1-5-6-7-9-15-12-14(2)18-17(13-15)23-22(24)11-8-10-16-19(22)20(18)21(16,3)4/h12,15-20,23-24H,5-11,13H2,1-4H3/t15?,16?,17?,18?,19-,20-,22+/m1/s1. The summed E-state index contributed by atoms with van der Waals surface area (Å²) in [5.74, 6) is 4.09. The van der Waals surface area contributed by atoms with Crippen LogP contribution in [0, 0.1) is 35.0 Å². The second kappa shape index (κ2) is 6.05. The van der Waals surface area contributed by atoms with E-state index in [-0.39, 0.29) is 4.87 Å². The van der Waals surface area contributed by atoms with Crippen LogP contribution in [0.15, 0.2) is 11.6 Å². The van der Waals surface area contributed by atoms with E-state index in [9.17, 15) is 0 Å². The van der Waals surface area contributed by atoms with Crippen molar-refractivity contribution < 1.29 is 0 Å². The molecule has 0 aromatic heterocycles. The van der Waals surface area contributed by atoms with Gasteiger partial charge in [-0.3, -0.25) is 5.32 Å². The minimum atomic E-state index is 0.121. The first-order chi connectivity index (χ1) is 11.4. The molecule has 0 aromatic carbocycles. The Hall–Kier alpha value is 0.0500. The van der Waals surface area contributed by atoms with E-state index in [2.05, 4.69) is 39.1 Å². The maximum atomic E-state index is 5.27. The lowest BCUT2D eigenvalue weighted by molar-refractivity contribution is -0.194. The average Bonchev–Trinajstić information content (AvgIpc) is 2.52. The highest BCUT2D eigenvalue weighted by Gasteiger charge is 2.69. The first-order valence-electron chi connectivity index (χ1n) is 10.6. The van der Waals surface area contributed by atoms with Gasteiger partial charge in [0.15, 0.2) is 0 Å². The van der Waals surface area contributed by atoms with Gasteiger partial charge >= 0.3 is 0 Å². The zero-order chi connectivity index (χ0) is 17.1. The third-order valence-electron chi connectivity index (χ3n) is 8.27. The number of thiol groups is 1. The zero-order valence-electron chi connectivity index (χ0n) is 16.1. The minimum Gasteiger partial charge on any atom is -0.299 e.